The number of hydrogen-bond donors (Lipinski definition) is 1. The fourth-order valence-electron chi connectivity index (χ4n) is 1.99. The maximum absolute atomic E-state index is 11.3. The lowest BCUT2D eigenvalue weighted by atomic mass is 10.00. The molecule has 0 atom stereocenters. The average molecular weight is 200 g/mol. The molecule has 74 valence electrons. The standard InChI is InChI=1S/C12H8O3/c13-10-5-7-3-1-2-4-8(7)9-6-15-12(14)11(9)10/h1-5,13H,6H2. The Bertz CT molecular complexity index is 572. The van der Waals surface area contributed by atoms with Crippen LogP contribution in [-0.4, -0.2) is 11.1 Å². The summed E-state index contributed by atoms with van der Waals surface area (Å²) in [4.78, 5) is 11.3. The highest BCUT2D eigenvalue weighted by Gasteiger charge is 2.26. The van der Waals surface area contributed by atoms with Gasteiger partial charge in [-0.2, -0.15) is 0 Å². The molecule has 0 spiro atoms. The van der Waals surface area contributed by atoms with Crippen LogP contribution >= 0.6 is 0 Å². The topological polar surface area (TPSA) is 46.5 Å². The third-order valence-electron chi connectivity index (χ3n) is 2.69. The van der Waals surface area contributed by atoms with Crippen LogP contribution in [0, 0.1) is 0 Å². The van der Waals surface area contributed by atoms with E-state index in [2.05, 4.69) is 0 Å². The van der Waals surface area contributed by atoms with E-state index < -0.39 is 5.97 Å². The van der Waals surface area contributed by atoms with E-state index in [1.807, 2.05) is 24.3 Å². The minimum absolute atomic E-state index is 0.00574. The molecule has 0 saturated carbocycles. The first kappa shape index (κ1) is 8.29. The molecule has 0 saturated heterocycles. The number of phenols is 1. The highest BCUT2D eigenvalue weighted by molar-refractivity contribution is 6.03. The van der Waals surface area contributed by atoms with E-state index in [4.69, 9.17) is 4.74 Å². The zero-order valence-electron chi connectivity index (χ0n) is 7.86. The van der Waals surface area contributed by atoms with E-state index >= 15 is 0 Å². The van der Waals surface area contributed by atoms with Crippen molar-refractivity contribution in [2.45, 2.75) is 6.61 Å². The summed E-state index contributed by atoms with van der Waals surface area (Å²) in [5.74, 6) is -0.431. The molecule has 0 unspecified atom stereocenters. The molecule has 3 nitrogen and oxygen atoms in total. The van der Waals surface area contributed by atoms with Gasteiger partial charge in [-0.1, -0.05) is 24.3 Å². The molecular formula is C12H8O3. The Balaban J connectivity index is 2.48. The van der Waals surface area contributed by atoms with Gasteiger partial charge in [0.05, 0.1) is 0 Å². The zero-order valence-corrected chi connectivity index (χ0v) is 7.86. The summed E-state index contributed by atoms with van der Waals surface area (Å²) in [6.45, 7) is 0.253. The molecule has 1 aliphatic heterocycles. The van der Waals surface area contributed by atoms with Gasteiger partial charge in [-0.3, -0.25) is 0 Å². The van der Waals surface area contributed by atoms with E-state index in [1.165, 1.54) is 0 Å². The number of carbonyl (C=O) groups excluding carboxylic acids is 1. The first-order valence-electron chi connectivity index (χ1n) is 4.68. The van der Waals surface area contributed by atoms with Crippen LogP contribution in [0.25, 0.3) is 10.8 Å². The molecule has 3 heteroatoms. The van der Waals surface area contributed by atoms with E-state index in [0.29, 0.717) is 5.56 Å². The second kappa shape index (κ2) is 2.73. The highest BCUT2D eigenvalue weighted by atomic mass is 16.5. The molecule has 0 aromatic heterocycles. The van der Waals surface area contributed by atoms with Gasteiger partial charge in [0.2, 0.25) is 0 Å². The van der Waals surface area contributed by atoms with Crippen LogP contribution in [0.2, 0.25) is 0 Å². The number of esters is 1. The highest BCUT2D eigenvalue weighted by Crippen LogP contribution is 2.34. The third kappa shape index (κ3) is 1.03. The normalized spacial score (nSPS) is 14.0. The number of benzene rings is 2. The lowest BCUT2D eigenvalue weighted by Crippen LogP contribution is -1.94. The number of rotatable bonds is 0. The maximum atomic E-state index is 11.3. The summed E-state index contributed by atoms with van der Waals surface area (Å²) in [5, 5.41) is 11.6. The van der Waals surface area contributed by atoms with Gasteiger partial charge in [0.1, 0.15) is 17.9 Å². The average Bonchev–Trinajstić information content (AvgIpc) is 2.62. The molecule has 2 aromatic carbocycles. The molecule has 0 bridgehead atoms. The molecule has 0 radical (unpaired) electrons. The predicted octanol–water partition coefficient (Wildman–Crippen LogP) is 2.22. The van der Waals surface area contributed by atoms with Crippen LogP contribution in [0.4, 0.5) is 0 Å². The number of hydrogen-bond acceptors (Lipinski definition) is 3. The Kier molecular flexibility index (Phi) is 1.51. The second-order valence-corrected chi connectivity index (χ2v) is 3.55. The van der Waals surface area contributed by atoms with E-state index in [-0.39, 0.29) is 12.4 Å². The molecule has 1 aliphatic rings. The van der Waals surface area contributed by atoms with E-state index in [9.17, 15) is 9.90 Å². The van der Waals surface area contributed by atoms with Gasteiger partial charge in [-0.25, -0.2) is 4.79 Å². The lowest BCUT2D eigenvalue weighted by Gasteiger charge is -2.03. The summed E-state index contributed by atoms with van der Waals surface area (Å²) in [5.41, 5.74) is 1.10. The summed E-state index contributed by atoms with van der Waals surface area (Å²) >= 11 is 0. The smallest absolute Gasteiger partial charge is 0.342 e. The number of cyclic esters (lactones) is 1. The molecule has 0 amide bonds. The molecule has 0 aliphatic carbocycles. The van der Waals surface area contributed by atoms with E-state index in [0.717, 1.165) is 16.3 Å². The van der Waals surface area contributed by atoms with Crippen molar-refractivity contribution in [1.82, 2.24) is 0 Å². The first-order chi connectivity index (χ1) is 7.27. The maximum Gasteiger partial charge on any atom is 0.342 e. The molecule has 1 heterocycles. The van der Waals surface area contributed by atoms with Gasteiger partial charge >= 0.3 is 5.97 Å². The monoisotopic (exact) mass is 200 g/mol. The Morgan fingerprint density at radius 1 is 1.27 bits per heavy atom. The van der Waals surface area contributed by atoms with Crippen LogP contribution < -0.4 is 0 Å². The lowest BCUT2D eigenvalue weighted by molar-refractivity contribution is 0.0533. The quantitative estimate of drug-likeness (QED) is 0.663. The molecule has 0 fully saturated rings. The molecular weight excluding hydrogens is 192 g/mol. The van der Waals surface area contributed by atoms with Crippen LogP contribution in [0.5, 0.6) is 5.75 Å². The SMILES string of the molecule is O=C1OCc2c1c(O)cc1ccccc21. The Labute approximate surface area is 85.9 Å². The molecule has 1 N–H and O–H groups in total. The van der Waals surface area contributed by atoms with Gasteiger partial charge in [0.15, 0.2) is 0 Å². The number of phenolic OH excluding ortho intramolecular Hbond substituents is 1. The first-order valence-corrected chi connectivity index (χ1v) is 4.68. The van der Waals surface area contributed by atoms with Gasteiger partial charge < -0.3 is 9.84 Å². The third-order valence-corrected chi connectivity index (χ3v) is 2.69. The van der Waals surface area contributed by atoms with Gasteiger partial charge in [0.25, 0.3) is 0 Å². The van der Waals surface area contributed by atoms with Crippen molar-refractivity contribution in [1.29, 1.82) is 0 Å². The second-order valence-electron chi connectivity index (χ2n) is 3.55. The van der Waals surface area contributed by atoms with Gasteiger partial charge in [-0.15, -0.1) is 0 Å². The van der Waals surface area contributed by atoms with Gasteiger partial charge in [0, 0.05) is 5.56 Å². The number of fused-ring (bicyclic) bond motifs is 3. The summed E-state index contributed by atoms with van der Waals surface area (Å²) in [6, 6.07) is 9.22. The summed E-state index contributed by atoms with van der Waals surface area (Å²) in [6.07, 6.45) is 0. The van der Waals surface area contributed by atoms with Crippen LogP contribution in [-0.2, 0) is 11.3 Å². The largest absolute Gasteiger partial charge is 0.507 e. The van der Waals surface area contributed by atoms with Crippen molar-refractivity contribution in [2.24, 2.45) is 0 Å². The minimum Gasteiger partial charge on any atom is -0.507 e. The zero-order chi connectivity index (χ0) is 10.4. The molecule has 15 heavy (non-hydrogen) atoms. The van der Waals surface area contributed by atoms with Crippen LogP contribution in [0.3, 0.4) is 0 Å². The molecule has 3 rings (SSSR count). The Morgan fingerprint density at radius 2 is 2.07 bits per heavy atom. The van der Waals surface area contributed by atoms with Crippen molar-refractivity contribution in [3.8, 4) is 5.75 Å². The fraction of sp³-hybridized carbons (Fsp3) is 0.0833. The van der Waals surface area contributed by atoms with Crippen molar-refractivity contribution in [2.75, 3.05) is 0 Å². The van der Waals surface area contributed by atoms with Crippen molar-refractivity contribution in [3.63, 3.8) is 0 Å². The number of ether oxygens (including phenoxy) is 1. The van der Waals surface area contributed by atoms with Crippen molar-refractivity contribution < 1.29 is 14.6 Å². The fourth-order valence-corrected chi connectivity index (χ4v) is 1.99. The number of aromatic hydroxyl groups is 1. The summed E-state index contributed by atoms with van der Waals surface area (Å²) < 4.78 is 4.91. The van der Waals surface area contributed by atoms with Crippen LogP contribution in [0.15, 0.2) is 30.3 Å². The van der Waals surface area contributed by atoms with Gasteiger partial charge in [-0.05, 0) is 16.8 Å². The minimum atomic E-state index is -0.437. The van der Waals surface area contributed by atoms with Crippen molar-refractivity contribution in [3.05, 3.63) is 41.5 Å². The Morgan fingerprint density at radius 3 is 2.93 bits per heavy atom. The predicted molar refractivity (Wildman–Crippen MR) is 54.7 cm³/mol. The van der Waals surface area contributed by atoms with E-state index in [1.54, 1.807) is 6.07 Å². The van der Waals surface area contributed by atoms with Crippen LogP contribution in [0.1, 0.15) is 15.9 Å². The van der Waals surface area contributed by atoms with Crippen molar-refractivity contribution >= 4 is 16.7 Å². The number of carbonyl (C=O) groups is 1. The summed E-state index contributed by atoms with van der Waals surface area (Å²) in [7, 11) is 0. The molecule has 2 aromatic rings. The Hall–Kier alpha value is -2.03.